The Hall–Kier alpha value is -4.34. The van der Waals surface area contributed by atoms with E-state index in [9.17, 15) is 44.0 Å². The molecule has 12 nitrogen and oxygen atoms in total. The molecule has 6 aliphatic rings. The second kappa shape index (κ2) is 17.2. The van der Waals surface area contributed by atoms with Crippen LogP contribution in [0, 0.1) is 35.1 Å². The van der Waals surface area contributed by atoms with Crippen LogP contribution in [0.5, 0.6) is 0 Å². The van der Waals surface area contributed by atoms with Gasteiger partial charge >= 0.3 is 11.4 Å². The van der Waals surface area contributed by atoms with Crippen LogP contribution in [0.3, 0.4) is 0 Å². The highest BCUT2D eigenvalue weighted by molar-refractivity contribution is 8.00. The molecule has 68 heavy (non-hydrogen) atoms. The van der Waals surface area contributed by atoms with Gasteiger partial charge in [-0.1, -0.05) is 23.2 Å². The summed E-state index contributed by atoms with van der Waals surface area (Å²) < 4.78 is 109. The number of sulfone groups is 2. The standard InChI is InChI=1S/2C23H20ClF2N3O3S2/c2*24-16-9-15-20-21(19(16)14-4-3-13(25)8-17(14)26)33-7-6-29(20)23(30)27-22(15)28-5-1-2-12-10-34(31,32)11-18(12)28/h2*3-4,8-9,12,18H,1-2,5-7,10-11H2/t2*12-,18+/m10/s1. The summed E-state index contributed by atoms with van der Waals surface area (Å²) in [5.41, 5.74) is 1.52. The summed E-state index contributed by atoms with van der Waals surface area (Å²) in [7, 11) is -6.31. The highest BCUT2D eigenvalue weighted by atomic mass is 35.5. The van der Waals surface area contributed by atoms with Crippen molar-refractivity contribution in [2.75, 3.05) is 57.4 Å². The fraction of sp³-hybridized carbons (Fsp3) is 0.391. The Bertz CT molecular complexity index is 3280. The lowest BCUT2D eigenvalue weighted by molar-refractivity contribution is 0.384. The van der Waals surface area contributed by atoms with Gasteiger partial charge in [0.05, 0.1) is 44.1 Å². The maximum absolute atomic E-state index is 14.8. The molecule has 2 aromatic heterocycles. The number of aryl methyl sites for hydroxylation is 2. The van der Waals surface area contributed by atoms with E-state index in [1.54, 1.807) is 21.3 Å². The van der Waals surface area contributed by atoms with Gasteiger partial charge in [-0.3, -0.25) is 9.13 Å². The van der Waals surface area contributed by atoms with Crippen molar-refractivity contribution in [3.05, 3.63) is 103 Å². The van der Waals surface area contributed by atoms with Crippen LogP contribution >= 0.6 is 46.7 Å². The number of nitrogens with zero attached hydrogens (tertiary/aromatic N) is 6. The summed E-state index contributed by atoms with van der Waals surface area (Å²) in [6.45, 7) is 2.06. The minimum absolute atomic E-state index is 0.00263. The smallest absolute Gasteiger partial charge is 0.350 e. The van der Waals surface area contributed by atoms with Crippen molar-refractivity contribution in [3.8, 4) is 22.3 Å². The molecule has 22 heteroatoms. The molecule has 12 rings (SSSR count). The second-order valence-electron chi connectivity index (χ2n) is 18.1. The molecule has 356 valence electrons. The largest absolute Gasteiger partial charge is 0.352 e. The number of benzene rings is 4. The van der Waals surface area contributed by atoms with Crippen molar-refractivity contribution in [1.82, 2.24) is 19.1 Å². The van der Waals surface area contributed by atoms with Gasteiger partial charge in [-0.05, 0) is 73.9 Å². The highest BCUT2D eigenvalue weighted by Gasteiger charge is 2.46. The molecule has 0 bridgehead atoms. The van der Waals surface area contributed by atoms with E-state index in [1.165, 1.54) is 47.8 Å². The lowest BCUT2D eigenvalue weighted by Gasteiger charge is -2.38. The first kappa shape index (κ1) is 46.1. The zero-order valence-corrected chi connectivity index (χ0v) is 40.6. The highest BCUT2D eigenvalue weighted by Crippen LogP contribution is 2.49. The molecule has 0 unspecified atom stereocenters. The van der Waals surface area contributed by atoms with E-state index in [-0.39, 0.29) is 68.1 Å². The molecule has 0 saturated carbocycles. The van der Waals surface area contributed by atoms with Crippen LogP contribution in [0.1, 0.15) is 25.7 Å². The Morgan fingerprint density at radius 2 is 0.985 bits per heavy atom. The molecule has 6 aliphatic heterocycles. The molecule has 4 aromatic carbocycles. The van der Waals surface area contributed by atoms with Crippen molar-refractivity contribution in [3.63, 3.8) is 0 Å². The summed E-state index contributed by atoms with van der Waals surface area (Å²) in [5, 5.41) is 1.82. The molecule has 4 atom stereocenters. The molecule has 4 fully saturated rings. The van der Waals surface area contributed by atoms with Gasteiger partial charge in [0.1, 0.15) is 34.9 Å². The topological polar surface area (TPSA) is 145 Å². The Kier molecular flexibility index (Phi) is 11.7. The maximum atomic E-state index is 14.8. The molecule has 0 amide bonds. The van der Waals surface area contributed by atoms with Crippen LogP contribution in [0.25, 0.3) is 44.1 Å². The van der Waals surface area contributed by atoms with Crippen molar-refractivity contribution >= 4 is 99.8 Å². The Labute approximate surface area is 405 Å². The van der Waals surface area contributed by atoms with E-state index in [2.05, 4.69) is 9.97 Å². The van der Waals surface area contributed by atoms with Gasteiger partial charge in [-0.25, -0.2) is 44.0 Å². The van der Waals surface area contributed by atoms with Gasteiger partial charge in [0.15, 0.2) is 19.7 Å². The third kappa shape index (κ3) is 7.88. The van der Waals surface area contributed by atoms with Crippen LogP contribution in [0.15, 0.2) is 67.9 Å². The number of thioether (sulfide) groups is 2. The van der Waals surface area contributed by atoms with Crippen molar-refractivity contribution in [2.24, 2.45) is 11.8 Å². The van der Waals surface area contributed by atoms with Crippen molar-refractivity contribution in [1.29, 1.82) is 0 Å². The molecule has 0 aliphatic carbocycles. The number of aromatic nitrogens is 4. The van der Waals surface area contributed by atoms with Crippen LogP contribution in [0.2, 0.25) is 10.0 Å². The molecular weight excluding hydrogens is 1010 g/mol. The summed E-state index contributed by atoms with van der Waals surface area (Å²) in [4.78, 5) is 40.2. The summed E-state index contributed by atoms with van der Waals surface area (Å²) in [6, 6.07) is 9.57. The second-order valence-corrected chi connectivity index (χ2v) is 25.4. The zero-order valence-electron chi connectivity index (χ0n) is 35.9. The van der Waals surface area contributed by atoms with Gasteiger partial charge in [0, 0.05) is 105 Å². The fourth-order valence-corrected chi connectivity index (χ4v) is 18.6. The molecule has 0 radical (unpaired) electrons. The lowest BCUT2D eigenvalue weighted by atomic mass is 9.91. The number of rotatable bonds is 4. The first-order valence-electron chi connectivity index (χ1n) is 22.1. The first-order chi connectivity index (χ1) is 32.5. The Morgan fingerprint density at radius 1 is 0.574 bits per heavy atom. The van der Waals surface area contributed by atoms with Crippen LogP contribution in [-0.2, 0) is 32.8 Å². The van der Waals surface area contributed by atoms with Gasteiger partial charge in [0.2, 0.25) is 0 Å². The van der Waals surface area contributed by atoms with Crippen LogP contribution < -0.4 is 21.2 Å². The summed E-state index contributed by atoms with van der Waals surface area (Å²) >= 11 is 16.4. The van der Waals surface area contributed by atoms with Crippen LogP contribution in [0.4, 0.5) is 29.2 Å². The fourth-order valence-electron chi connectivity index (χ4n) is 11.2. The first-order valence-corrected chi connectivity index (χ1v) is 28.5. The van der Waals surface area contributed by atoms with Crippen molar-refractivity contribution in [2.45, 2.75) is 60.6 Å². The van der Waals surface area contributed by atoms with Gasteiger partial charge in [0.25, 0.3) is 0 Å². The minimum Gasteiger partial charge on any atom is -0.352 e. The number of hydrogen-bond acceptors (Lipinski definition) is 12. The van der Waals surface area contributed by atoms with Gasteiger partial charge in [-0.15, -0.1) is 23.5 Å². The normalized spacial score (nSPS) is 23.3. The number of piperidine rings is 2. The summed E-state index contributed by atoms with van der Waals surface area (Å²) in [6.07, 6.45) is 3.25. The van der Waals surface area contributed by atoms with E-state index < -0.39 is 54.3 Å². The lowest BCUT2D eigenvalue weighted by Crippen LogP contribution is -2.46. The van der Waals surface area contributed by atoms with Gasteiger partial charge in [-0.2, -0.15) is 9.97 Å². The number of anilines is 2. The van der Waals surface area contributed by atoms with E-state index >= 15 is 0 Å². The Morgan fingerprint density at radius 3 is 1.38 bits per heavy atom. The number of fused-ring (bicyclic) bond motifs is 2. The third-order valence-corrected chi connectivity index (χ3v) is 20.3. The van der Waals surface area contributed by atoms with Gasteiger partial charge < -0.3 is 9.80 Å². The number of halogens is 6. The molecule has 0 spiro atoms. The minimum atomic E-state index is -3.16. The summed E-state index contributed by atoms with van der Waals surface area (Å²) in [5.74, 6) is -0.441. The quantitative estimate of drug-likeness (QED) is 0.157. The zero-order chi connectivity index (χ0) is 47.6. The van der Waals surface area contributed by atoms with Crippen molar-refractivity contribution < 1.29 is 34.4 Å². The Balaban J connectivity index is 0.000000149. The van der Waals surface area contributed by atoms with Crippen LogP contribution in [-0.4, -0.2) is 95.6 Å². The SMILES string of the molecule is O=c1nc(N2CCC[C@@H]3CS(=O)(=O)C[C@@H]32)c2cc(Cl)c(-c3ccc(F)cc3F)c3c2n1CCS3.O=c1nc(N2CCC[C@H]3CS(=O)(=O)C[C@H]32)c2cc(Cl)c(-c3ccc(F)cc3F)c3c2n1CCS3. The predicted molar refractivity (Wildman–Crippen MR) is 259 cm³/mol. The van der Waals surface area contributed by atoms with E-state index in [1.807, 2.05) is 9.80 Å². The molecular formula is C46H40Cl2F4N6O6S4. The predicted octanol–water partition coefficient (Wildman–Crippen LogP) is 8.23. The average molecular weight is 1050 g/mol. The molecule has 8 heterocycles. The molecule has 0 N–H and O–H groups in total. The maximum Gasteiger partial charge on any atom is 0.350 e. The van der Waals surface area contributed by atoms with E-state index in [0.29, 0.717) is 92.0 Å². The third-order valence-electron chi connectivity index (χ3n) is 14.0. The van der Waals surface area contributed by atoms with E-state index in [4.69, 9.17) is 23.2 Å². The monoisotopic (exact) mass is 1050 g/mol. The molecule has 4 saturated heterocycles. The van der Waals surface area contributed by atoms with E-state index in [0.717, 1.165) is 37.8 Å². The average Bonchev–Trinajstić information content (AvgIpc) is 3.80. The number of hydrogen-bond donors (Lipinski definition) is 0. The molecule has 6 aromatic rings.